The molecule has 1 aromatic heterocycles. The van der Waals surface area contributed by atoms with Crippen molar-refractivity contribution in [3.05, 3.63) is 22.6 Å². The molecule has 1 fully saturated rings. The summed E-state index contributed by atoms with van der Waals surface area (Å²) in [5.74, 6) is 0.957. The first-order valence-electron chi connectivity index (χ1n) is 5.97. The number of likely N-dealkylation sites (N-methyl/N-ethyl adjacent to an activating group) is 1. The van der Waals surface area contributed by atoms with Crippen molar-refractivity contribution in [3.63, 3.8) is 0 Å². The van der Waals surface area contributed by atoms with Crippen molar-refractivity contribution in [2.75, 3.05) is 33.7 Å². The molecule has 0 bridgehead atoms. The van der Waals surface area contributed by atoms with Gasteiger partial charge in [-0.05, 0) is 48.6 Å². The van der Waals surface area contributed by atoms with Gasteiger partial charge in [-0.3, -0.25) is 4.90 Å². The molecule has 2 unspecified atom stereocenters. The molecule has 1 aromatic rings. The molecule has 1 saturated heterocycles. The van der Waals surface area contributed by atoms with Gasteiger partial charge in [0.2, 0.25) is 0 Å². The lowest BCUT2D eigenvalue weighted by molar-refractivity contribution is 0.198. The molecule has 1 aliphatic rings. The van der Waals surface area contributed by atoms with E-state index in [0.717, 1.165) is 23.5 Å². The van der Waals surface area contributed by atoms with Gasteiger partial charge in [0.05, 0.1) is 6.04 Å². The monoisotopic (exact) mass is 301 g/mol. The van der Waals surface area contributed by atoms with E-state index in [9.17, 15) is 0 Å². The summed E-state index contributed by atoms with van der Waals surface area (Å²) < 4.78 is 6.40. The zero-order valence-electron chi connectivity index (χ0n) is 10.4. The Morgan fingerprint density at radius 3 is 2.82 bits per heavy atom. The Morgan fingerprint density at radius 2 is 2.35 bits per heavy atom. The highest BCUT2D eigenvalue weighted by molar-refractivity contribution is 9.10. The summed E-state index contributed by atoms with van der Waals surface area (Å²) >= 11 is 3.34. The molecule has 0 aromatic carbocycles. The minimum Gasteiger partial charge on any atom is -0.453 e. The van der Waals surface area contributed by atoms with Gasteiger partial charge in [-0.25, -0.2) is 0 Å². The summed E-state index contributed by atoms with van der Waals surface area (Å²) in [6.45, 7) is 2.75. The van der Waals surface area contributed by atoms with Crippen LogP contribution in [0.5, 0.6) is 0 Å². The first-order valence-corrected chi connectivity index (χ1v) is 6.77. The second-order valence-corrected chi connectivity index (χ2v) is 5.58. The maximum atomic E-state index is 5.88. The van der Waals surface area contributed by atoms with Crippen LogP contribution >= 0.6 is 15.9 Å². The third-order valence-electron chi connectivity index (χ3n) is 3.51. The number of hydrogen-bond donors (Lipinski definition) is 1. The minimum absolute atomic E-state index is 0.200. The predicted octanol–water partition coefficient (Wildman–Crippen LogP) is 1.68. The minimum atomic E-state index is 0.200. The summed E-state index contributed by atoms with van der Waals surface area (Å²) in [6.07, 6.45) is 1.20. The first kappa shape index (κ1) is 13.1. The van der Waals surface area contributed by atoms with Gasteiger partial charge in [-0.1, -0.05) is 0 Å². The van der Waals surface area contributed by atoms with E-state index in [1.54, 1.807) is 0 Å². The van der Waals surface area contributed by atoms with E-state index in [0.29, 0.717) is 12.6 Å². The number of nitrogens with zero attached hydrogens (tertiary/aromatic N) is 2. The van der Waals surface area contributed by atoms with Crippen molar-refractivity contribution in [1.82, 2.24) is 9.80 Å². The lowest BCUT2D eigenvalue weighted by atomic mass is 10.2. The quantitative estimate of drug-likeness (QED) is 0.919. The fraction of sp³-hybridized carbons (Fsp3) is 0.667. The molecule has 4 nitrogen and oxygen atoms in total. The van der Waals surface area contributed by atoms with Gasteiger partial charge in [0.15, 0.2) is 4.67 Å². The van der Waals surface area contributed by atoms with Crippen LogP contribution < -0.4 is 5.73 Å². The molecule has 2 N–H and O–H groups in total. The van der Waals surface area contributed by atoms with Crippen molar-refractivity contribution >= 4 is 15.9 Å². The number of rotatable bonds is 4. The van der Waals surface area contributed by atoms with Crippen LogP contribution in [0.2, 0.25) is 0 Å². The van der Waals surface area contributed by atoms with E-state index in [4.69, 9.17) is 10.2 Å². The average molecular weight is 302 g/mol. The smallest absolute Gasteiger partial charge is 0.169 e. The van der Waals surface area contributed by atoms with Gasteiger partial charge in [0, 0.05) is 25.7 Å². The number of furan rings is 1. The van der Waals surface area contributed by atoms with Gasteiger partial charge < -0.3 is 15.1 Å². The van der Waals surface area contributed by atoms with E-state index in [-0.39, 0.29) is 6.04 Å². The molecular weight excluding hydrogens is 282 g/mol. The normalized spacial score (nSPS) is 23.5. The second-order valence-electron chi connectivity index (χ2n) is 4.79. The summed E-state index contributed by atoms with van der Waals surface area (Å²) in [7, 11) is 4.27. The highest BCUT2D eigenvalue weighted by atomic mass is 79.9. The Balaban J connectivity index is 2.05. The van der Waals surface area contributed by atoms with Crippen LogP contribution in [0.25, 0.3) is 0 Å². The van der Waals surface area contributed by atoms with Crippen LogP contribution in [0.15, 0.2) is 21.2 Å². The standard InChI is InChI=1S/C12H20BrN3O/c1-15(2)9-5-6-16(8-9)10(7-14)11-3-4-12(13)17-11/h3-4,9-10H,5-8,14H2,1-2H3. The first-order chi connectivity index (χ1) is 8.11. The Morgan fingerprint density at radius 1 is 1.59 bits per heavy atom. The summed E-state index contributed by atoms with van der Waals surface area (Å²) in [6, 6.07) is 4.76. The zero-order valence-corrected chi connectivity index (χ0v) is 12.0. The highest BCUT2D eigenvalue weighted by Gasteiger charge is 2.30. The van der Waals surface area contributed by atoms with Crippen molar-refractivity contribution in [2.45, 2.75) is 18.5 Å². The molecule has 5 heteroatoms. The van der Waals surface area contributed by atoms with Gasteiger partial charge in [0.1, 0.15) is 5.76 Å². The molecular formula is C12H20BrN3O. The van der Waals surface area contributed by atoms with Crippen LogP contribution in [0, 0.1) is 0 Å². The number of likely N-dealkylation sites (tertiary alicyclic amines) is 1. The molecule has 0 aliphatic carbocycles. The van der Waals surface area contributed by atoms with Gasteiger partial charge in [0.25, 0.3) is 0 Å². The third kappa shape index (κ3) is 2.91. The molecule has 0 saturated carbocycles. The molecule has 2 heterocycles. The lowest BCUT2D eigenvalue weighted by Crippen LogP contribution is -2.35. The highest BCUT2D eigenvalue weighted by Crippen LogP contribution is 2.28. The van der Waals surface area contributed by atoms with Gasteiger partial charge in [-0.15, -0.1) is 0 Å². The second kappa shape index (κ2) is 5.52. The van der Waals surface area contributed by atoms with Crippen molar-refractivity contribution < 1.29 is 4.42 Å². The SMILES string of the molecule is CN(C)C1CCN(C(CN)c2ccc(Br)o2)C1. The molecule has 2 rings (SSSR count). The van der Waals surface area contributed by atoms with Crippen molar-refractivity contribution in [1.29, 1.82) is 0 Å². The summed E-state index contributed by atoms with van der Waals surface area (Å²) in [5.41, 5.74) is 5.88. The van der Waals surface area contributed by atoms with E-state index >= 15 is 0 Å². The lowest BCUT2D eigenvalue weighted by Gasteiger charge is -2.26. The van der Waals surface area contributed by atoms with Crippen LogP contribution in [0.3, 0.4) is 0 Å². The Bertz CT molecular complexity index is 366. The molecule has 0 amide bonds. The third-order valence-corrected chi connectivity index (χ3v) is 3.94. The molecule has 2 atom stereocenters. The molecule has 96 valence electrons. The van der Waals surface area contributed by atoms with Crippen molar-refractivity contribution in [2.24, 2.45) is 5.73 Å². The van der Waals surface area contributed by atoms with E-state index in [1.807, 2.05) is 12.1 Å². The topological polar surface area (TPSA) is 45.6 Å². The fourth-order valence-electron chi connectivity index (χ4n) is 2.43. The largest absolute Gasteiger partial charge is 0.453 e. The average Bonchev–Trinajstić information content (AvgIpc) is 2.89. The van der Waals surface area contributed by atoms with Crippen molar-refractivity contribution in [3.8, 4) is 0 Å². The van der Waals surface area contributed by atoms with Gasteiger partial charge in [-0.2, -0.15) is 0 Å². The van der Waals surface area contributed by atoms with Gasteiger partial charge >= 0.3 is 0 Å². The summed E-state index contributed by atoms with van der Waals surface area (Å²) in [4.78, 5) is 4.70. The summed E-state index contributed by atoms with van der Waals surface area (Å²) in [5, 5.41) is 0. The molecule has 1 aliphatic heterocycles. The van der Waals surface area contributed by atoms with Crippen LogP contribution in [0.4, 0.5) is 0 Å². The van der Waals surface area contributed by atoms with Crippen LogP contribution in [0.1, 0.15) is 18.2 Å². The number of halogens is 1. The Labute approximate surface area is 111 Å². The predicted molar refractivity (Wildman–Crippen MR) is 71.9 cm³/mol. The molecule has 0 spiro atoms. The molecule has 17 heavy (non-hydrogen) atoms. The maximum absolute atomic E-state index is 5.88. The molecule has 0 radical (unpaired) electrons. The van der Waals surface area contributed by atoms with E-state index in [1.165, 1.54) is 6.42 Å². The maximum Gasteiger partial charge on any atom is 0.169 e. The fourth-order valence-corrected chi connectivity index (χ4v) is 2.74. The zero-order chi connectivity index (χ0) is 12.4. The number of hydrogen-bond acceptors (Lipinski definition) is 4. The van der Waals surface area contributed by atoms with Crippen LogP contribution in [-0.4, -0.2) is 49.6 Å². The van der Waals surface area contributed by atoms with Crippen LogP contribution in [-0.2, 0) is 0 Å². The number of nitrogens with two attached hydrogens (primary N) is 1. The van der Waals surface area contributed by atoms with E-state index in [2.05, 4.69) is 39.8 Å². The van der Waals surface area contributed by atoms with E-state index < -0.39 is 0 Å². The Kier molecular flexibility index (Phi) is 4.25. The Hall–Kier alpha value is -0.360.